The fraction of sp³-hybridized carbons (Fsp3) is 0.467. The van der Waals surface area contributed by atoms with Gasteiger partial charge in [0.05, 0.1) is 6.54 Å². The van der Waals surface area contributed by atoms with Crippen molar-refractivity contribution in [1.29, 1.82) is 0 Å². The molecule has 19 heavy (non-hydrogen) atoms. The van der Waals surface area contributed by atoms with Gasteiger partial charge in [0.2, 0.25) is 0 Å². The summed E-state index contributed by atoms with van der Waals surface area (Å²) in [7, 11) is 0. The van der Waals surface area contributed by atoms with E-state index >= 15 is 0 Å². The first-order valence-corrected chi connectivity index (χ1v) is 6.72. The van der Waals surface area contributed by atoms with Crippen molar-refractivity contribution < 1.29 is 9.59 Å². The fourth-order valence-electron chi connectivity index (χ4n) is 2.54. The zero-order valence-electron chi connectivity index (χ0n) is 11.7. The Hall–Kier alpha value is -1.84. The van der Waals surface area contributed by atoms with Crippen LogP contribution < -0.4 is 5.32 Å². The zero-order valence-corrected chi connectivity index (χ0v) is 11.7. The predicted octanol–water partition coefficient (Wildman–Crippen LogP) is 2.61. The third-order valence-electron chi connectivity index (χ3n) is 3.88. The number of aryl methyl sites for hydroxylation is 1. The number of urea groups is 1. The lowest BCUT2D eigenvalue weighted by Crippen LogP contribution is -2.45. The highest BCUT2D eigenvalue weighted by atomic mass is 16.2. The maximum atomic E-state index is 12.4. The van der Waals surface area contributed by atoms with E-state index in [-0.39, 0.29) is 11.9 Å². The Morgan fingerprint density at radius 3 is 2.42 bits per heavy atom. The van der Waals surface area contributed by atoms with E-state index in [9.17, 15) is 9.59 Å². The molecule has 1 heterocycles. The molecule has 0 spiro atoms. The first-order chi connectivity index (χ1) is 9.02. The minimum absolute atomic E-state index is 0.107. The highest BCUT2D eigenvalue weighted by Crippen LogP contribution is 2.26. The van der Waals surface area contributed by atoms with Gasteiger partial charge in [0.15, 0.2) is 0 Å². The van der Waals surface area contributed by atoms with Crippen molar-refractivity contribution in [3.8, 4) is 0 Å². The number of hydrogen-bond acceptors (Lipinski definition) is 2. The van der Waals surface area contributed by atoms with E-state index in [4.69, 9.17) is 0 Å². The van der Waals surface area contributed by atoms with Gasteiger partial charge in [-0.2, -0.15) is 0 Å². The van der Waals surface area contributed by atoms with Crippen LogP contribution in [-0.4, -0.2) is 22.4 Å². The molecule has 1 fully saturated rings. The smallest absolute Gasteiger partial charge is 0.323 e. The predicted molar refractivity (Wildman–Crippen MR) is 73.6 cm³/mol. The number of hydrogen-bond donors (Lipinski definition) is 1. The Morgan fingerprint density at radius 1 is 1.21 bits per heavy atom. The van der Waals surface area contributed by atoms with Crippen LogP contribution in [0.25, 0.3) is 0 Å². The first kappa shape index (κ1) is 13.6. The van der Waals surface area contributed by atoms with Crippen molar-refractivity contribution in [3.63, 3.8) is 0 Å². The molecular formula is C15H20N2O2. The summed E-state index contributed by atoms with van der Waals surface area (Å²) in [6.45, 7) is 6.20. The first-order valence-electron chi connectivity index (χ1n) is 6.72. The number of nitrogens with zero attached hydrogens (tertiary/aromatic N) is 1. The van der Waals surface area contributed by atoms with E-state index in [1.807, 2.05) is 45.0 Å². The summed E-state index contributed by atoms with van der Waals surface area (Å²) in [6, 6.07) is 7.59. The minimum atomic E-state index is -0.707. The maximum absolute atomic E-state index is 12.4. The Bertz CT molecular complexity index is 507. The second-order valence-electron chi connectivity index (χ2n) is 5.10. The normalized spacial score (nSPS) is 17.7. The van der Waals surface area contributed by atoms with Gasteiger partial charge < -0.3 is 5.32 Å². The largest absolute Gasteiger partial charge is 0.325 e. The van der Waals surface area contributed by atoms with Gasteiger partial charge in [-0.25, -0.2) is 4.79 Å². The van der Waals surface area contributed by atoms with Gasteiger partial charge in [-0.15, -0.1) is 0 Å². The lowest BCUT2D eigenvalue weighted by molar-refractivity contribution is -0.132. The highest BCUT2D eigenvalue weighted by molar-refractivity contribution is 6.06. The van der Waals surface area contributed by atoms with Crippen LogP contribution in [0, 0.1) is 6.92 Å². The summed E-state index contributed by atoms with van der Waals surface area (Å²) in [6.07, 6.45) is 1.25. The number of imide groups is 1. The average molecular weight is 260 g/mol. The van der Waals surface area contributed by atoms with Crippen molar-refractivity contribution in [2.75, 3.05) is 0 Å². The molecule has 2 rings (SSSR count). The molecule has 0 saturated carbocycles. The SMILES string of the molecule is CCC1(CC)NC(=O)N(Cc2cccc(C)c2)C1=O. The molecule has 0 unspecified atom stereocenters. The summed E-state index contributed by atoms with van der Waals surface area (Å²) in [4.78, 5) is 25.8. The van der Waals surface area contributed by atoms with E-state index in [0.717, 1.165) is 11.1 Å². The molecule has 102 valence electrons. The van der Waals surface area contributed by atoms with Gasteiger partial charge in [0.1, 0.15) is 5.54 Å². The van der Waals surface area contributed by atoms with Crippen molar-refractivity contribution in [2.24, 2.45) is 0 Å². The van der Waals surface area contributed by atoms with Crippen molar-refractivity contribution in [1.82, 2.24) is 10.2 Å². The second kappa shape index (κ2) is 5.03. The number of rotatable bonds is 4. The van der Waals surface area contributed by atoms with Crippen molar-refractivity contribution in [2.45, 2.75) is 45.7 Å². The van der Waals surface area contributed by atoms with E-state index < -0.39 is 5.54 Å². The molecule has 0 atom stereocenters. The summed E-state index contributed by atoms with van der Waals surface area (Å²) < 4.78 is 0. The molecule has 0 bridgehead atoms. The molecule has 1 saturated heterocycles. The summed E-state index contributed by atoms with van der Waals surface area (Å²) in [5, 5.41) is 2.84. The molecule has 4 nitrogen and oxygen atoms in total. The van der Waals surface area contributed by atoms with Crippen LogP contribution in [0.3, 0.4) is 0 Å². The van der Waals surface area contributed by atoms with Gasteiger partial charge in [-0.1, -0.05) is 43.7 Å². The standard InChI is InChI=1S/C15H20N2O2/c1-4-15(5-2)13(18)17(14(19)16-15)10-12-8-6-7-11(3)9-12/h6-9H,4-5,10H2,1-3H3,(H,16,19). The number of benzene rings is 1. The minimum Gasteiger partial charge on any atom is -0.323 e. The van der Waals surface area contributed by atoms with Crippen LogP contribution in [0.1, 0.15) is 37.8 Å². The van der Waals surface area contributed by atoms with Crippen LogP contribution in [0.2, 0.25) is 0 Å². The summed E-state index contributed by atoms with van der Waals surface area (Å²) in [5.74, 6) is -0.107. The summed E-state index contributed by atoms with van der Waals surface area (Å²) >= 11 is 0. The third kappa shape index (κ3) is 2.35. The Morgan fingerprint density at radius 2 is 1.89 bits per heavy atom. The monoisotopic (exact) mass is 260 g/mol. The molecule has 0 aliphatic carbocycles. The van der Waals surface area contributed by atoms with Crippen LogP contribution in [0.15, 0.2) is 24.3 Å². The van der Waals surface area contributed by atoms with E-state index in [2.05, 4.69) is 5.32 Å². The van der Waals surface area contributed by atoms with E-state index in [1.165, 1.54) is 4.90 Å². The van der Waals surface area contributed by atoms with E-state index in [0.29, 0.717) is 19.4 Å². The molecular weight excluding hydrogens is 240 g/mol. The van der Waals surface area contributed by atoms with Gasteiger partial charge in [-0.05, 0) is 25.3 Å². The molecule has 1 aromatic rings. The molecule has 0 aromatic heterocycles. The lowest BCUT2D eigenvalue weighted by Gasteiger charge is -2.23. The molecule has 0 radical (unpaired) electrons. The Labute approximate surface area is 113 Å². The van der Waals surface area contributed by atoms with Crippen LogP contribution in [0.4, 0.5) is 4.79 Å². The zero-order chi connectivity index (χ0) is 14.0. The quantitative estimate of drug-likeness (QED) is 0.846. The molecule has 1 aliphatic heterocycles. The van der Waals surface area contributed by atoms with Crippen molar-refractivity contribution >= 4 is 11.9 Å². The number of nitrogens with one attached hydrogen (secondary N) is 1. The van der Waals surface area contributed by atoms with Gasteiger partial charge >= 0.3 is 6.03 Å². The number of carbonyl (C=O) groups is 2. The average Bonchev–Trinajstić information content (AvgIpc) is 2.64. The Kier molecular flexibility index (Phi) is 3.60. The van der Waals surface area contributed by atoms with Crippen molar-refractivity contribution in [3.05, 3.63) is 35.4 Å². The van der Waals surface area contributed by atoms with Gasteiger partial charge in [0.25, 0.3) is 5.91 Å². The maximum Gasteiger partial charge on any atom is 0.325 e. The number of amides is 3. The molecule has 1 aromatic carbocycles. The van der Waals surface area contributed by atoms with Crippen LogP contribution in [0.5, 0.6) is 0 Å². The molecule has 3 amide bonds. The molecule has 4 heteroatoms. The van der Waals surface area contributed by atoms with Gasteiger partial charge in [-0.3, -0.25) is 9.69 Å². The van der Waals surface area contributed by atoms with Crippen LogP contribution in [-0.2, 0) is 11.3 Å². The topological polar surface area (TPSA) is 49.4 Å². The lowest BCUT2D eigenvalue weighted by atomic mass is 9.93. The fourth-order valence-corrected chi connectivity index (χ4v) is 2.54. The number of carbonyl (C=O) groups excluding carboxylic acids is 2. The van der Waals surface area contributed by atoms with E-state index in [1.54, 1.807) is 0 Å². The summed E-state index contributed by atoms with van der Waals surface area (Å²) in [5.41, 5.74) is 1.40. The highest BCUT2D eigenvalue weighted by Gasteiger charge is 2.48. The molecule has 1 N–H and O–H groups in total. The van der Waals surface area contributed by atoms with Gasteiger partial charge in [0, 0.05) is 0 Å². The van der Waals surface area contributed by atoms with Crippen LogP contribution >= 0.6 is 0 Å². The third-order valence-corrected chi connectivity index (χ3v) is 3.88. The Balaban J connectivity index is 2.22. The molecule has 1 aliphatic rings. The second-order valence-corrected chi connectivity index (χ2v) is 5.10.